The molecule has 0 fully saturated rings. The van der Waals surface area contributed by atoms with Crippen molar-refractivity contribution < 1.29 is 10.3 Å². The van der Waals surface area contributed by atoms with Crippen LogP contribution in [0.4, 0.5) is 0 Å². The lowest BCUT2D eigenvalue weighted by Gasteiger charge is -2.07. The highest BCUT2D eigenvalue weighted by atomic mass is 16.5. The van der Waals surface area contributed by atoms with Crippen molar-refractivity contribution in [2.75, 3.05) is 6.54 Å². The average Bonchev–Trinajstić information content (AvgIpc) is 2.05. The molecule has 0 aromatic carbocycles. The Hall–Kier alpha value is -0.120. The minimum absolute atomic E-state index is 0.285. The third-order valence-electron chi connectivity index (χ3n) is 1.97. The largest absolute Gasteiger partial charge is 0.392 e. The summed E-state index contributed by atoms with van der Waals surface area (Å²) in [6.07, 6.45) is 6.44. The van der Waals surface area contributed by atoms with Gasteiger partial charge in [0.25, 0.3) is 0 Å². The Morgan fingerprint density at radius 3 is 2.42 bits per heavy atom. The summed E-state index contributed by atoms with van der Waals surface area (Å²) in [6, 6.07) is 0. The average molecular weight is 175 g/mol. The second kappa shape index (κ2) is 8.97. The van der Waals surface area contributed by atoms with Crippen LogP contribution in [0.1, 0.15) is 45.4 Å². The van der Waals surface area contributed by atoms with Gasteiger partial charge in [-0.2, -0.15) is 0 Å². The zero-order chi connectivity index (χ0) is 9.23. The van der Waals surface area contributed by atoms with E-state index in [4.69, 9.17) is 5.21 Å². The topological polar surface area (TPSA) is 52.5 Å². The van der Waals surface area contributed by atoms with Crippen molar-refractivity contribution in [3.8, 4) is 0 Å². The molecule has 0 amide bonds. The Morgan fingerprint density at radius 2 is 1.83 bits per heavy atom. The normalized spacial score (nSPS) is 13.2. The Kier molecular flexibility index (Phi) is 8.88. The SMILES string of the molecule is CCCCCCCC(O)CNO. The van der Waals surface area contributed by atoms with Crippen LogP contribution in [-0.4, -0.2) is 23.0 Å². The van der Waals surface area contributed by atoms with Crippen molar-refractivity contribution in [3.05, 3.63) is 0 Å². The maximum Gasteiger partial charge on any atom is 0.0687 e. The molecular formula is C9H21NO2. The number of rotatable bonds is 8. The van der Waals surface area contributed by atoms with Crippen molar-refractivity contribution in [3.63, 3.8) is 0 Å². The van der Waals surface area contributed by atoms with E-state index in [1.54, 1.807) is 0 Å². The highest BCUT2D eigenvalue weighted by Crippen LogP contribution is 2.06. The predicted octanol–water partition coefficient (Wildman–Crippen LogP) is 1.69. The lowest BCUT2D eigenvalue weighted by Crippen LogP contribution is -2.23. The summed E-state index contributed by atoms with van der Waals surface area (Å²) >= 11 is 0. The minimum Gasteiger partial charge on any atom is -0.392 e. The van der Waals surface area contributed by atoms with Crippen LogP contribution in [0.5, 0.6) is 0 Å². The second-order valence-electron chi connectivity index (χ2n) is 3.22. The van der Waals surface area contributed by atoms with Gasteiger partial charge in [0, 0.05) is 6.54 Å². The highest BCUT2D eigenvalue weighted by Gasteiger charge is 2.01. The fourth-order valence-corrected chi connectivity index (χ4v) is 1.19. The summed E-state index contributed by atoms with van der Waals surface area (Å²) in [5.74, 6) is 0. The lowest BCUT2D eigenvalue weighted by molar-refractivity contribution is 0.0856. The summed E-state index contributed by atoms with van der Waals surface area (Å²) in [4.78, 5) is 0. The molecule has 0 saturated carbocycles. The second-order valence-corrected chi connectivity index (χ2v) is 3.22. The maximum atomic E-state index is 9.18. The molecule has 0 aliphatic heterocycles. The molecule has 3 heteroatoms. The molecule has 0 saturated heterocycles. The molecule has 0 aliphatic rings. The fourth-order valence-electron chi connectivity index (χ4n) is 1.19. The fraction of sp³-hybridized carbons (Fsp3) is 1.00. The summed E-state index contributed by atoms with van der Waals surface area (Å²) in [6.45, 7) is 2.47. The van der Waals surface area contributed by atoms with Crippen molar-refractivity contribution in [2.24, 2.45) is 0 Å². The number of hydrogen-bond donors (Lipinski definition) is 3. The van der Waals surface area contributed by atoms with Crippen LogP contribution in [0.2, 0.25) is 0 Å². The van der Waals surface area contributed by atoms with Gasteiger partial charge in [0.1, 0.15) is 0 Å². The van der Waals surface area contributed by atoms with Gasteiger partial charge in [0.2, 0.25) is 0 Å². The number of hydroxylamine groups is 1. The van der Waals surface area contributed by atoms with E-state index in [2.05, 4.69) is 6.92 Å². The van der Waals surface area contributed by atoms with Crippen molar-refractivity contribution in [1.29, 1.82) is 0 Å². The molecule has 0 aromatic heterocycles. The number of hydrogen-bond acceptors (Lipinski definition) is 3. The van der Waals surface area contributed by atoms with Crippen molar-refractivity contribution in [1.82, 2.24) is 5.48 Å². The van der Waals surface area contributed by atoms with Crippen LogP contribution in [0.3, 0.4) is 0 Å². The standard InChI is InChI=1S/C9H21NO2/c1-2-3-4-5-6-7-9(11)8-10-12/h9-12H,2-8H2,1H3. The summed E-state index contributed by atoms with van der Waals surface area (Å²) in [5.41, 5.74) is 1.97. The molecule has 0 heterocycles. The molecule has 0 aliphatic carbocycles. The molecule has 0 bridgehead atoms. The Labute approximate surface area is 74.8 Å². The van der Waals surface area contributed by atoms with Crippen LogP contribution < -0.4 is 5.48 Å². The zero-order valence-electron chi connectivity index (χ0n) is 7.92. The molecule has 0 spiro atoms. The summed E-state index contributed by atoms with van der Waals surface area (Å²) in [7, 11) is 0. The predicted molar refractivity (Wildman–Crippen MR) is 49.2 cm³/mol. The molecule has 0 radical (unpaired) electrons. The van der Waals surface area contributed by atoms with E-state index >= 15 is 0 Å². The van der Waals surface area contributed by atoms with Gasteiger partial charge in [-0.25, -0.2) is 5.48 Å². The molecule has 1 unspecified atom stereocenters. The number of aliphatic hydroxyl groups is 1. The van der Waals surface area contributed by atoms with E-state index in [0.29, 0.717) is 0 Å². The smallest absolute Gasteiger partial charge is 0.0687 e. The lowest BCUT2D eigenvalue weighted by atomic mass is 10.1. The summed E-state index contributed by atoms with van der Waals surface area (Å²) < 4.78 is 0. The number of nitrogens with one attached hydrogen (secondary N) is 1. The first-order valence-electron chi connectivity index (χ1n) is 4.86. The van der Waals surface area contributed by atoms with Crippen LogP contribution in [0.15, 0.2) is 0 Å². The van der Waals surface area contributed by atoms with Gasteiger partial charge in [-0.1, -0.05) is 39.0 Å². The first kappa shape index (κ1) is 11.9. The van der Waals surface area contributed by atoms with Crippen LogP contribution >= 0.6 is 0 Å². The van der Waals surface area contributed by atoms with Gasteiger partial charge in [-0.15, -0.1) is 0 Å². The zero-order valence-corrected chi connectivity index (χ0v) is 7.92. The Balaban J connectivity index is 2.97. The minimum atomic E-state index is -0.392. The van der Waals surface area contributed by atoms with Gasteiger partial charge < -0.3 is 10.3 Å². The van der Waals surface area contributed by atoms with Crippen LogP contribution in [-0.2, 0) is 0 Å². The van der Waals surface area contributed by atoms with E-state index in [1.807, 2.05) is 5.48 Å². The molecule has 74 valence electrons. The van der Waals surface area contributed by atoms with E-state index in [0.717, 1.165) is 12.8 Å². The van der Waals surface area contributed by atoms with Gasteiger partial charge >= 0.3 is 0 Å². The van der Waals surface area contributed by atoms with Crippen molar-refractivity contribution >= 4 is 0 Å². The quantitative estimate of drug-likeness (QED) is 0.388. The van der Waals surface area contributed by atoms with Crippen molar-refractivity contribution in [2.45, 2.75) is 51.6 Å². The van der Waals surface area contributed by atoms with E-state index in [9.17, 15) is 5.11 Å². The van der Waals surface area contributed by atoms with Crippen LogP contribution in [0.25, 0.3) is 0 Å². The van der Waals surface area contributed by atoms with E-state index in [1.165, 1.54) is 25.7 Å². The summed E-state index contributed by atoms with van der Waals surface area (Å²) in [5, 5.41) is 17.5. The molecule has 0 rings (SSSR count). The highest BCUT2D eigenvalue weighted by molar-refractivity contribution is 4.55. The van der Waals surface area contributed by atoms with Crippen LogP contribution in [0, 0.1) is 0 Å². The molecule has 1 atom stereocenters. The maximum absolute atomic E-state index is 9.18. The monoisotopic (exact) mass is 175 g/mol. The first-order valence-corrected chi connectivity index (χ1v) is 4.86. The van der Waals surface area contributed by atoms with E-state index in [-0.39, 0.29) is 6.54 Å². The molecule has 3 N–H and O–H groups in total. The number of unbranched alkanes of at least 4 members (excludes halogenated alkanes) is 4. The molecular weight excluding hydrogens is 154 g/mol. The Bertz CT molecular complexity index is 88.6. The number of aliphatic hydroxyl groups excluding tert-OH is 1. The van der Waals surface area contributed by atoms with Gasteiger partial charge in [-0.05, 0) is 6.42 Å². The molecule has 0 aromatic rings. The first-order chi connectivity index (χ1) is 5.81. The van der Waals surface area contributed by atoms with E-state index < -0.39 is 6.10 Å². The Morgan fingerprint density at radius 1 is 1.17 bits per heavy atom. The van der Waals surface area contributed by atoms with Gasteiger partial charge in [0.15, 0.2) is 0 Å². The molecule has 12 heavy (non-hydrogen) atoms. The third kappa shape index (κ3) is 7.98. The van der Waals surface area contributed by atoms with Gasteiger partial charge in [-0.3, -0.25) is 0 Å². The molecule has 3 nitrogen and oxygen atoms in total. The third-order valence-corrected chi connectivity index (χ3v) is 1.97. The van der Waals surface area contributed by atoms with Gasteiger partial charge in [0.05, 0.1) is 6.10 Å².